The van der Waals surface area contributed by atoms with E-state index in [2.05, 4.69) is 0 Å². The molecule has 1 aromatic rings. The summed E-state index contributed by atoms with van der Waals surface area (Å²) in [6, 6.07) is 3.06. The van der Waals surface area contributed by atoms with Crippen LogP contribution in [-0.2, 0) is 9.47 Å². The summed E-state index contributed by atoms with van der Waals surface area (Å²) in [5.74, 6) is 0.440. The highest BCUT2D eigenvalue weighted by molar-refractivity contribution is 5.96. The first kappa shape index (κ1) is 16.1. The third-order valence-corrected chi connectivity index (χ3v) is 2.75. The molecule has 1 aromatic carbocycles. The zero-order valence-corrected chi connectivity index (χ0v) is 12.1. The Bertz CT molecular complexity index is 447. The van der Waals surface area contributed by atoms with Crippen LogP contribution in [0.4, 0.5) is 5.69 Å². The molecule has 0 bridgehead atoms. The van der Waals surface area contributed by atoms with Gasteiger partial charge in [0, 0.05) is 25.8 Å². The van der Waals surface area contributed by atoms with Crippen LogP contribution in [0.1, 0.15) is 23.2 Å². The summed E-state index contributed by atoms with van der Waals surface area (Å²) >= 11 is 0. The molecule has 0 radical (unpaired) electrons. The smallest absolute Gasteiger partial charge is 0.340 e. The molecule has 0 saturated heterocycles. The largest absolute Gasteiger partial charge is 0.493 e. The molecule has 112 valence electrons. The predicted molar refractivity (Wildman–Crippen MR) is 75.4 cm³/mol. The second kappa shape index (κ2) is 8.27. The molecule has 0 atom stereocenters. The fourth-order valence-corrected chi connectivity index (χ4v) is 1.66. The molecular weight excluding hydrogens is 262 g/mol. The van der Waals surface area contributed by atoms with Crippen molar-refractivity contribution >= 4 is 11.7 Å². The van der Waals surface area contributed by atoms with E-state index in [1.165, 1.54) is 20.3 Å². The maximum absolute atomic E-state index is 11.9. The normalized spacial score (nSPS) is 10.2. The lowest BCUT2D eigenvalue weighted by Crippen LogP contribution is -2.10. The van der Waals surface area contributed by atoms with Gasteiger partial charge in [0.2, 0.25) is 0 Å². The van der Waals surface area contributed by atoms with Gasteiger partial charge in [-0.1, -0.05) is 0 Å². The average Bonchev–Trinajstić information content (AvgIpc) is 2.46. The molecule has 20 heavy (non-hydrogen) atoms. The lowest BCUT2D eigenvalue weighted by atomic mass is 10.1. The van der Waals surface area contributed by atoms with Crippen molar-refractivity contribution in [3.8, 4) is 11.5 Å². The van der Waals surface area contributed by atoms with E-state index >= 15 is 0 Å². The number of carbonyl (C=O) groups is 1. The lowest BCUT2D eigenvalue weighted by molar-refractivity contribution is 0.0490. The number of anilines is 1. The second-order valence-corrected chi connectivity index (χ2v) is 4.13. The fraction of sp³-hybridized carbons (Fsp3) is 0.500. The van der Waals surface area contributed by atoms with Gasteiger partial charge in [-0.15, -0.1) is 0 Å². The van der Waals surface area contributed by atoms with Crippen LogP contribution >= 0.6 is 0 Å². The van der Waals surface area contributed by atoms with Gasteiger partial charge in [0.25, 0.3) is 0 Å². The van der Waals surface area contributed by atoms with Crippen molar-refractivity contribution in [1.82, 2.24) is 0 Å². The SMILES string of the molecule is COCCCCOC(=O)c1cc(OC)c(OC)cc1N. The molecular formula is C14H21NO5. The molecule has 0 fully saturated rings. The summed E-state index contributed by atoms with van der Waals surface area (Å²) < 4.78 is 20.3. The molecule has 2 N–H and O–H groups in total. The van der Waals surface area contributed by atoms with Crippen LogP contribution in [0.3, 0.4) is 0 Å². The first-order valence-electron chi connectivity index (χ1n) is 6.31. The van der Waals surface area contributed by atoms with Gasteiger partial charge < -0.3 is 24.7 Å². The Morgan fingerprint density at radius 1 is 1.05 bits per heavy atom. The molecule has 6 nitrogen and oxygen atoms in total. The van der Waals surface area contributed by atoms with E-state index in [0.29, 0.717) is 30.4 Å². The number of rotatable bonds is 8. The minimum absolute atomic E-state index is 0.273. The number of hydrogen-bond acceptors (Lipinski definition) is 6. The number of carbonyl (C=O) groups excluding carboxylic acids is 1. The van der Waals surface area contributed by atoms with Gasteiger partial charge in [0.05, 0.1) is 32.1 Å². The van der Waals surface area contributed by atoms with Crippen LogP contribution in [0.25, 0.3) is 0 Å². The zero-order chi connectivity index (χ0) is 15.0. The van der Waals surface area contributed by atoms with Crippen molar-refractivity contribution in [2.24, 2.45) is 0 Å². The lowest BCUT2D eigenvalue weighted by Gasteiger charge is -2.12. The van der Waals surface area contributed by atoms with Crippen LogP contribution in [0.2, 0.25) is 0 Å². The van der Waals surface area contributed by atoms with E-state index in [4.69, 9.17) is 24.7 Å². The van der Waals surface area contributed by atoms with Crippen molar-refractivity contribution in [3.63, 3.8) is 0 Å². The van der Waals surface area contributed by atoms with Crippen LogP contribution < -0.4 is 15.2 Å². The first-order valence-corrected chi connectivity index (χ1v) is 6.31. The molecule has 0 aromatic heterocycles. The van der Waals surface area contributed by atoms with E-state index < -0.39 is 5.97 Å². The fourth-order valence-electron chi connectivity index (χ4n) is 1.66. The van der Waals surface area contributed by atoms with Gasteiger partial charge in [-0.05, 0) is 12.8 Å². The highest BCUT2D eigenvalue weighted by Gasteiger charge is 2.16. The van der Waals surface area contributed by atoms with Crippen LogP contribution in [-0.4, -0.2) is 40.5 Å². The topological polar surface area (TPSA) is 80.0 Å². The monoisotopic (exact) mass is 283 g/mol. The number of nitrogens with two attached hydrogens (primary N) is 1. The number of hydrogen-bond donors (Lipinski definition) is 1. The molecule has 0 aliphatic rings. The van der Waals surface area contributed by atoms with Gasteiger partial charge in [-0.2, -0.15) is 0 Å². The highest BCUT2D eigenvalue weighted by Crippen LogP contribution is 2.32. The van der Waals surface area contributed by atoms with Crippen LogP contribution in [0, 0.1) is 0 Å². The summed E-state index contributed by atoms with van der Waals surface area (Å²) in [5.41, 5.74) is 6.39. The number of nitrogen functional groups attached to an aromatic ring is 1. The van der Waals surface area contributed by atoms with Gasteiger partial charge in [-0.25, -0.2) is 4.79 Å². The summed E-state index contributed by atoms with van der Waals surface area (Å²) in [5, 5.41) is 0. The van der Waals surface area contributed by atoms with Gasteiger partial charge in [0.1, 0.15) is 0 Å². The van der Waals surface area contributed by atoms with E-state index in [1.807, 2.05) is 0 Å². The molecule has 0 spiro atoms. The Morgan fingerprint density at radius 2 is 1.65 bits per heavy atom. The third kappa shape index (κ3) is 4.31. The Labute approximate surface area is 118 Å². The standard InChI is InChI=1S/C14H21NO5/c1-17-6-4-5-7-20-14(16)10-8-12(18-2)13(19-3)9-11(10)15/h8-9H,4-7,15H2,1-3H3. The Balaban J connectivity index is 2.68. The average molecular weight is 283 g/mol. The minimum Gasteiger partial charge on any atom is -0.493 e. The van der Waals surface area contributed by atoms with Gasteiger partial charge >= 0.3 is 5.97 Å². The Morgan fingerprint density at radius 3 is 2.25 bits per heavy atom. The molecule has 0 saturated carbocycles. The van der Waals surface area contributed by atoms with Crippen molar-refractivity contribution in [2.45, 2.75) is 12.8 Å². The second-order valence-electron chi connectivity index (χ2n) is 4.13. The van der Waals surface area contributed by atoms with E-state index in [1.54, 1.807) is 13.2 Å². The third-order valence-electron chi connectivity index (χ3n) is 2.75. The molecule has 0 unspecified atom stereocenters. The molecule has 0 amide bonds. The summed E-state index contributed by atoms with van der Waals surface area (Å²) in [6.45, 7) is 0.978. The van der Waals surface area contributed by atoms with Crippen molar-refractivity contribution in [2.75, 3.05) is 40.3 Å². The number of methoxy groups -OCH3 is 3. The van der Waals surface area contributed by atoms with Crippen LogP contribution in [0.15, 0.2) is 12.1 Å². The number of esters is 1. The van der Waals surface area contributed by atoms with E-state index in [9.17, 15) is 4.79 Å². The van der Waals surface area contributed by atoms with Crippen LogP contribution in [0.5, 0.6) is 11.5 Å². The molecule has 6 heteroatoms. The summed E-state index contributed by atoms with van der Waals surface area (Å²) in [7, 11) is 4.63. The number of benzene rings is 1. The Hall–Kier alpha value is -1.95. The first-order chi connectivity index (χ1) is 9.63. The molecule has 1 rings (SSSR count). The number of ether oxygens (including phenoxy) is 4. The molecule has 0 heterocycles. The zero-order valence-electron chi connectivity index (χ0n) is 12.1. The summed E-state index contributed by atoms with van der Waals surface area (Å²) in [6.07, 6.45) is 1.58. The minimum atomic E-state index is -0.471. The van der Waals surface area contributed by atoms with E-state index in [0.717, 1.165) is 12.8 Å². The highest BCUT2D eigenvalue weighted by atomic mass is 16.5. The Kier molecular flexibility index (Phi) is 6.66. The molecule has 0 aliphatic carbocycles. The predicted octanol–water partition coefficient (Wildman–Crippen LogP) is 1.87. The van der Waals surface area contributed by atoms with Crippen molar-refractivity contribution < 1.29 is 23.7 Å². The number of unbranched alkanes of at least 4 members (excludes halogenated alkanes) is 1. The van der Waals surface area contributed by atoms with Gasteiger partial charge in [0.15, 0.2) is 11.5 Å². The maximum atomic E-state index is 11.9. The van der Waals surface area contributed by atoms with E-state index in [-0.39, 0.29) is 5.56 Å². The van der Waals surface area contributed by atoms with Crippen molar-refractivity contribution in [3.05, 3.63) is 17.7 Å². The van der Waals surface area contributed by atoms with Gasteiger partial charge in [-0.3, -0.25) is 0 Å². The quantitative estimate of drug-likeness (QED) is 0.445. The molecule has 0 aliphatic heterocycles. The summed E-state index contributed by atoms with van der Waals surface area (Å²) in [4.78, 5) is 11.9. The maximum Gasteiger partial charge on any atom is 0.340 e. The van der Waals surface area contributed by atoms with Crippen molar-refractivity contribution in [1.29, 1.82) is 0 Å².